The van der Waals surface area contributed by atoms with Crippen LogP contribution < -0.4 is 0 Å². The number of rotatable bonds is 4. The van der Waals surface area contributed by atoms with Gasteiger partial charge in [0.1, 0.15) is 6.54 Å². The Balaban J connectivity index is 1.50. The third kappa shape index (κ3) is 5.15. The van der Waals surface area contributed by atoms with Gasteiger partial charge in [0.25, 0.3) is 0 Å². The molecule has 2 heterocycles. The maximum Gasteiger partial charge on any atom is 0.435 e. The van der Waals surface area contributed by atoms with Crippen LogP contribution in [0.2, 0.25) is 10.0 Å². The summed E-state index contributed by atoms with van der Waals surface area (Å²) in [6.45, 7) is 2.83. The Bertz CT molecular complexity index is 817. The molecule has 1 amide bonds. The Morgan fingerprint density at radius 2 is 1.78 bits per heavy atom. The standard InChI is InChI=1S/C17H17Cl2F3N4O/c18-13-2-1-12(9-14(13)19)10-24-5-7-25(8-6-24)16(27)11-26-4-3-15(23-26)17(20,21)22/h1-4,9H,5-8,10-11H2. The molecule has 0 unspecified atom stereocenters. The molecule has 0 spiro atoms. The Labute approximate surface area is 164 Å². The molecule has 27 heavy (non-hydrogen) atoms. The second-order valence-electron chi connectivity index (χ2n) is 6.30. The Kier molecular flexibility index (Phi) is 5.98. The van der Waals surface area contributed by atoms with Gasteiger partial charge in [0, 0.05) is 38.9 Å². The van der Waals surface area contributed by atoms with E-state index in [1.54, 1.807) is 11.0 Å². The molecule has 1 fully saturated rings. The fourth-order valence-electron chi connectivity index (χ4n) is 2.89. The zero-order valence-electron chi connectivity index (χ0n) is 14.2. The number of amides is 1. The molecule has 0 radical (unpaired) electrons. The van der Waals surface area contributed by atoms with Gasteiger partial charge >= 0.3 is 6.18 Å². The predicted molar refractivity (Wildman–Crippen MR) is 95.5 cm³/mol. The first-order chi connectivity index (χ1) is 12.7. The Morgan fingerprint density at radius 3 is 2.37 bits per heavy atom. The molecule has 0 aliphatic carbocycles. The van der Waals surface area contributed by atoms with E-state index in [0.717, 1.165) is 16.3 Å². The van der Waals surface area contributed by atoms with Crippen LogP contribution in [0.1, 0.15) is 11.3 Å². The number of hydrogen-bond donors (Lipinski definition) is 0. The molecule has 1 aliphatic heterocycles. The van der Waals surface area contributed by atoms with E-state index in [4.69, 9.17) is 23.2 Å². The molecule has 0 N–H and O–H groups in total. The first-order valence-electron chi connectivity index (χ1n) is 8.27. The summed E-state index contributed by atoms with van der Waals surface area (Å²) < 4.78 is 38.7. The Hall–Kier alpha value is -1.77. The highest BCUT2D eigenvalue weighted by atomic mass is 35.5. The van der Waals surface area contributed by atoms with Gasteiger partial charge < -0.3 is 4.90 Å². The lowest BCUT2D eigenvalue weighted by Gasteiger charge is -2.34. The maximum absolute atomic E-state index is 12.6. The molecular weight excluding hydrogens is 404 g/mol. The van der Waals surface area contributed by atoms with Crippen molar-refractivity contribution in [3.8, 4) is 0 Å². The monoisotopic (exact) mass is 420 g/mol. The van der Waals surface area contributed by atoms with Crippen LogP contribution in [-0.4, -0.2) is 51.7 Å². The molecule has 1 saturated heterocycles. The average Bonchev–Trinajstić information content (AvgIpc) is 3.08. The van der Waals surface area contributed by atoms with E-state index in [1.807, 2.05) is 12.1 Å². The van der Waals surface area contributed by atoms with Crippen LogP contribution >= 0.6 is 23.2 Å². The number of carbonyl (C=O) groups is 1. The largest absolute Gasteiger partial charge is 0.435 e. The number of benzene rings is 1. The number of hydrogen-bond acceptors (Lipinski definition) is 3. The summed E-state index contributed by atoms with van der Waals surface area (Å²) >= 11 is 11.9. The van der Waals surface area contributed by atoms with E-state index >= 15 is 0 Å². The summed E-state index contributed by atoms with van der Waals surface area (Å²) in [5, 5.41) is 4.42. The van der Waals surface area contributed by atoms with Gasteiger partial charge in [-0.15, -0.1) is 0 Å². The second kappa shape index (κ2) is 8.08. The fourth-order valence-corrected chi connectivity index (χ4v) is 3.21. The van der Waals surface area contributed by atoms with Crippen molar-refractivity contribution < 1.29 is 18.0 Å². The highest BCUT2D eigenvalue weighted by Gasteiger charge is 2.33. The lowest BCUT2D eigenvalue weighted by Crippen LogP contribution is -2.49. The molecular formula is C17H17Cl2F3N4O. The third-order valence-electron chi connectivity index (χ3n) is 4.34. The molecule has 1 aromatic heterocycles. The van der Waals surface area contributed by atoms with Crippen molar-refractivity contribution in [1.29, 1.82) is 0 Å². The van der Waals surface area contributed by atoms with Crippen LogP contribution in [0.25, 0.3) is 0 Å². The van der Waals surface area contributed by atoms with Gasteiger partial charge in [0.2, 0.25) is 5.91 Å². The number of alkyl halides is 3. The lowest BCUT2D eigenvalue weighted by atomic mass is 10.2. The quantitative estimate of drug-likeness (QED) is 0.759. The maximum atomic E-state index is 12.6. The summed E-state index contributed by atoms with van der Waals surface area (Å²) in [6, 6.07) is 6.33. The molecule has 1 aliphatic rings. The van der Waals surface area contributed by atoms with E-state index in [1.165, 1.54) is 6.20 Å². The molecule has 0 saturated carbocycles. The average molecular weight is 421 g/mol. The lowest BCUT2D eigenvalue weighted by molar-refractivity contribution is -0.142. The third-order valence-corrected chi connectivity index (χ3v) is 5.08. The van der Waals surface area contributed by atoms with Crippen molar-refractivity contribution in [3.05, 3.63) is 51.8 Å². The number of nitrogens with zero attached hydrogens (tertiary/aromatic N) is 4. The Morgan fingerprint density at radius 1 is 1.07 bits per heavy atom. The van der Waals surface area contributed by atoms with Crippen LogP contribution in [0.3, 0.4) is 0 Å². The van der Waals surface area contributed by atoms with Crippen molar-refractivity contribution in [2.75, 3.05) is 26.2 Å². The van der Waals surface area contributed by atoms with Crippen molar-refractivity contribution in [3.63, 3.8) is 0 Å². The van der Waals surface area contributed by atoms with Crippen LogP contribution in [-0.2, 0) is 24.1 Å². The number of aromatic nitrogens is 2. The van der Waals surface area contributed by atoms with Gasteiger partial charge in [0.15, 0.2) is 5.69 Å². The first-order valence-corrected chi connectivity index (χ1v) is 9.02. The van der Waals surface area contributed by atoms with Gasteiger partial charge in [-0.05, 0) is 23.8 Å². The van der Waals surface area contributed by atoms with Crippen LogP contribution in [0.15, 0.2) is 30.5 Å². The van der Waals surface area contributed by atoms with Gasteiger partial charge in [-0.2, -0.15) is 18.3 Å². The molecule has 1 aromatic carbocycles. The van der Waals surface area contributed by atoms with E-state index in [-0.39, 0.29) is 12.5 Å². The van der Waals surface area contributed by atoms with Crippen molar-refractivity contribution in [2.24, 2.45) is 0 Å². The second-order valence-corrected chi connectivity index (χ2v) is 7.12. The molecule has 3 rings (SSSR count). The SMILES string of the molecule is O=C(Cn1ccc(C(F)(F)F)n1)N1CCN(Cc2ccc(Cl)c(Cl)c2)CC1. The minimum absolute atomic E-state index is 0.205. The van der Waals surface area contributed by atoms with Crippen molar-refractivity contribution in [1.82, 2.24) is 19.6 Å². The number of piperazine rings is 1. The summed E-state index contributed by atoms with van der Waals surface area (Å²) in [5.41, 5.74) is 0.0298. The normalized spacial score (nSPS) is 16.0. The minimum Gasteiger partial charge on any atom is -0.339 e. The topological polar surface area (TPSA) is 41.4 Å². The van der Waals surface area contributed by atoms with E-state index < -0.39 is 11.9 Å². The highest BCUT2D eigenvalue weighted by molar-refractivity contribution is 6.42. The molecule has 10 heteroatoms. The van der Waals surface area contributed by atoms with E-state index in [9.17, 15) is 18.0 Å². The van der Waals surface area contributed by atoms with Gasteiger partial charge in [-0.3, -0.25) is 14.4 Å². The highest BCUT2D eigenvalue weighted by Crippen LogP contribution is 2.27. The smallest absolute Gasteiger partial charge is 0.339 e. The molecule has 5 nitrogen and oxygen atoms in total. The molecule has 146 valence electrons. The van der Waals surface area contributed by atoms with Gasteiger partial charge in [-0.25, -0.2) is 0 Å². The van der Waals surface area contributed by atoms with Crippen LogP contribution in [0.5, 0.6) is 0 Å². The van der Waals surface area contributed by atoms with Gasteiger partial charge in [0.05, 0.1) is 10.0 Å². The van der Waals surface area contributed by atoms with Gasteiger partial charge in [-0.1, -0.05) is 29.3 Å². The first kappa shape index (κ1) is 20.0. The molecule has 0 atom stereocenters. The fraction of sp³-hybridized carbons (Fsp3) is 0.412. The number of halogens is 5. The van der Waals surface area contributed by atoms with E-state index in [0.29, 0.717) is 42.8 Å². The van der Waals surface area contributed by atoms with Crippen LogP contribution in [0, 0.1) is 0 Å². The van der Waals surface area contributed by atoms with Crippen molar-refractivity contribution in [2.45, 2.75) is 19.3 Å². The van der Waals surface area contributed by atoms with E-state index in [2.05, 4.69) is 10.00 Å². The van der Waals surface area contributed by atoms with Crippen LogP contribution in [0.4, 0.5) is 13.2 Å². The van der Waals surface area contributed by atoms with Crippen molar-refractivity contribution >= 4 is 29.1 Å². The number of carbonyl (C=O) groups excluding carboxylic acids is 1. The summed E-state index contributed by atoms with van der Waals surface area (Å²) in [4.78, 5) is 16.1. The summed E-state index contributed by atoms with van der Waals surface area (Å²) in [6.07, 6.45) is -3.34. The molecule has 2 aromatic rings. The predicted octanol–water partition coefficient (Wildman–Crippen LogP) is 3.55. The summed E-state index contributed by atoms with van der Waals surface area (Å²) in [7, 11) is 0. The molecule has 0 bridgehead atoms. The zero-order valence-corrected chi connectivity index (χ0v) is 15.7. The minimum atomic E-state index is -4.51. The summed E-state index contributed by atoms with van der Waals surface area (Å²) in [5.74, 6) is -0.249. The zero-order chi connectivity index (χ0) is 19.6.